The first kappa shape index (κ1) is 12.6. The van der Waals surface area contributed by atoms with Gasteiger partial charge in [-0.1, -0.05) is 12.1 Å². The van der Waals surface area contributed by atoms with E-state index in [9.17, 15) is 4.79 Å². The number of carbonyl (C=O) groups is 1. The van der Waals surface area contributed by atoms with Crippen LogP contribution in [-0.4, -0.2) is 38.4 Å². The Kier molecular flexibility index (Phi) is 3.50. The first-order valence-corrected chi connectivity index (χ1v) is 6.61. The molecule has 1 aromatic rings. The van der Waals surface area contributed by atoms with E-state index < -0.39 is 0 Å². The van der Waals surface area contributed by atoms with Gasteiger partial charge in [0.2, 0.25) is 0 Å². The Morgan fingerprint density at radius 2 is 2.26 bits per heavy atom. The molecule has 3 N–H and O–H groups in total. The number of nitrogens with one attached hydrogen (secondary N) is 1. The summed E-state index contributed by atoms with van der Waals surface area (Å²) in [5, 5.41) is 2.85. The molecule has 2 unspecified atom stereocenters. The summed E-state index contributed by atoms with van der Waals surface area (Å²) in [5.41, 5.74) is 8.95. The summed E-state index contributed by atoms with van der Waals surface area (Å²) in [6.07, 6.45) is 0.734. The van der Waals surface area contributed by atoms with E-state index in [4.69, 9.17) is 15.2 Å². The SMILES string of the molecule is NC(c1ccc2c(c1)C(=O)NCC2)C1COCCO1. The first-order valence-electron chi connectivity index (χ1n) is 6.61. The number of hydrogen-bond acceptors (Lipinski definition) is 4. The Bertz CT molecular complexity index is 484. The van der Waals surface area contributed by atoms with Crippen LogP contribution in [0.2, 0.25) is 0 Å². The molecule has 2 aliphatic heterocycles. The molecule has 2 atom stereocenters. The predicted molar refractivity (Wildman–Crippen MR) is 70.0 cm³/mol. The maximum absolute atomic E-state index is 11.8. The Balaban J connectivity index is 1.84. The third-order valence-electron chi connectivity index (χ3n) is 3.69. The van der Waals surface area contributed by atoms with E-state index in [1.54, 1.807) is 0 Å². The van der Waals surface area contributed by atoms with E-state index in [1.165, 1.54) is 0 Å². The topological polar surface area (TPSA) is 73.6 Å². The Hall–Kier alpha value is -1.43. The summed E-state index contributed by atoms with van der Waals surface area (Å²) in [6.45, 7) is 2.40. The van der Waals surface area contributed by atoms with Gasteiger partial charge in [0.25, 0.3) is 5.91 Å². The minimum atomic E-state index is -0.264. The van der Waals surface area contributed by atoms with Crippen LogP contribution in [0.25, 0.3) is 0 Å². The zero-order valence-electron chi connectivity index (χ0n) is 10.7. The second kappa shape index (κ2) is 5.28. The number of hydrogen-bond donors (Lipinski definition) is 2. The Morgan fingerprint density at radius 1 is 1.37 bits per heavy atom. The molecular weight excluding hydrogens is 244 g/mol. The number of amides is 1. The summed E-state index contributed by atoms with van der Waals surface area (Å²) < 4.78 is 11.0. The molecule has 1 amide bonds. The smallest absolute Gasteiger partial charge is 0.251 e. The summed E-state index contributed by atoms with van der Waals surface area (Å²) in [5.74, 6) is -0.0175. The van der Waals surface area contributed by atoms with Gasteiger partial charge in [-0.25, -0.2) is 0 Å². The van der Waals surface area contributed by atoms with E-state index >= 15 is 0 Å². The van der Waals surface area contributed by atoms with Crippen molar-refractivity contribution in [1.82, 2.24) is 5.32 Å². The highest BCUT2D eigenvalue weighted by atomic mass is 16.6. The van der Waals surface area contributed by atoms with Gasteiger partial charge in [-0.05, 0) is 23.6 Å². The molecule has 2 heterocycles. The third kappa shape index (κ3) is 2.49. The molecule has 19 heavy (non-hydrogen) atoms. The summed E-state index contributed by atoms with van der Waals surface area (Å²) in [6, 6.07) is 5.60. The number of carbonyl (C=O) groups excluding carboxylic acids is 1. The molecule has 5 heteroatoms. The number of fused-ring (bicyclic) bond motifs is 1. The van der Waals surface area contributed by atoms with Gasteiger partial charge in [0.15, 0.2) is 0 Å². The van der Waals surface area contributed by atoms with Crippen LogP contribution in [-0.2, 0) is 15.9 Å². The third-order valence-corrected chi connectivity index (χ3v) is 3.69. The molecule has 0 saturated carbocycles. The van der Waals surface area contributed by atoms with Gasteiger partial charge in [0.05, 0.1) is 25.9 Å². The number of ether oxygens (including phenoxy) is 2. The van der Waals surface area contributed by atoms with Crippen LogP contribution in [0, 0.1) is 0 Å². The highest BCUT2D eigenvalue weighted by molar-refractivity contribution is 5.96. The Morgan fingerprint density at radius 3 is 3.05 bits per heavy atom. The lowest BCUT2D eigenvalue weighted by Crippen LogP contribution is -2.38. The molecule has 5 nitrogen and oxygen atoms in total. The fourth-order valence-corrected chi connectivity index (χ4v) is 2.56. The van der Waals surface area contributed by atoms with Crippen LogP contribution in [0.3, 0.4) is 0 Å². The fraction of sp³-hybridized carbons (Fsp3) is 0.500. The molecule has 0 aromatic heterocycles. The van der Waals surface area contributed by atoms with Crippen molar-refractivity contribution in [3.63, 3.8) is 0 Å². The summed E-state index contributed by atoms with van der Waals surface area (Å²) in [7, 11) is 0. The molecule has 0 radical (unpaired) electrons. The van der Waals surface area contributed by atoms with Crippen molar-refractivity contribution in [3.8, 4) is 0 Å². The van der Waals surface area contributed by atoms with Crippen molar-refractivity contribution < 1.29 is 14.3 Å². The maximum atomic E-state index is 11.8. The number of rotatable bonds is 2. The molecular formula is C14H18N2O3. The van der Waals surface area contributed by atoms with Crippen LogP contribution in [0.15, 0.2) is 18.2 Å². The van der Waals surface area contributed by atoms with Crippen molar-refractivity contribution in [3.05, 3.63) is 34.9 Å². The second-order valence-corrected chi connectivity index (χ2v) is 4.93. The number of nitrogens with two attached hydrogens (primary N) is 1. The van der Waals surface area contributed by atoms with Crippen molar-refractivity contribution >= 4 is 5.91 Å². The van der Waals surface area contributed by atoms with E-state index in [0.29, 0.717) is 26.4 Å². The normalized spacial score (nSPS) is 24.5. The van der Waals surface area contributed by atoms with Crippen molar-refractivity contribution in [1.29, 1.82) is 0 Å². The van der Waals surface area contributed by atoms with Crippen LogP contribution < -0.4 is 11.1 Å². The summed E-state index contributed by atoms with van der Waals surface area (Å²) >= 11 is 0. The number of benzene rings is 1. The average Bonchev–Trinajstić information content (AvgIpc) is 2.47. The lowest BCUT2D eigenvalue weighted by molar-refractivity contribution is -0.0975. The van der Waals surface area contributed by atoms with Gasteiger partial charge >= 0.3 is 0 Å². The second-order valence-electron chi connectivity index (χ2n) is 4.93. The summed E-state index contributed by atoms with van der Waals surface area (Å²) in [4.78, 5) is 11.8. The van der Waals surface area contributed by atoms with Gasteiger partial charge in [-0.2, -0.15) is 0 Å². The largest absolute Gasteiger partial charge is 0.376 e. The van der Waals surface area contributed by atoms with Crippen molar-refractivity contribution in [2.45, 2.75) is 18.6 Å². The van der Waals surface area contributed by atoms with E-state index in [-0.39, 0.29) is 18.1 Å². The van der Waals surface area contributed by atoms with Crippen LogP contribution in [0.5, 0.6) is 0 Å². The van der Waals surface area contributed by atoms with Gasteiger partial charge in [0.1, 0.15) is 6.10 Å². The van der Waals surface area contributed by atoms with Crippen molar-refractivity contribution in [2.24, 2.45) is 5.73 Å². The molecule has 102 valence electrons. The molecule has 3 rings (SSSR count). The van der Waals surface area contributed by atoms with Gasteiger partial charge in [-0.15, -0.1) is 0 Å². The molecule has 1 aromatic carbocycles. The van der Waals surface area contributed by atoms with Crippen LogP contribution in [0.1, 0.15) is 27.5 Å². The quantitative estimate of drug-likeness (QED) is 0.808. The molecule has 1 saturated heterocycles. The van der Waals surface area contributed by atoms with Gasteiger partial charge in [0, 0.05) is 12.1 Å². The highest BCUT2D eigenvalue weighted by Crippen LogP contribution is 2.23. The lowest BCUT2D eigenvalue weighted by atomic mass is 9.93. The zero-order chi connectivity index (χ0) is 13.2. The standard InChI is InChI=1S/C14H18N2O3/c15-13(12-8-18-5-6-19-12)10-2-1-9-3-4-16-14(17)11(9)7-10/h1-2,7,12-13H,3-6,8,15H2,(H,16,17). The molecule has 1 fully saturated rings. The van der Waals surface area contributed by atoms with E-state index in [2.05, 4.69) is 5.32 Å². The van der Waals surface area contributed by atoms with Crippen LogP contribution >= 0.6 is 0 Å². The maximum Gasteiger partial charge on any atom is 0.251 e. The van der Waals surface area contributed by atoms with E-state index in [0.717, 1.165) is 23.1 Å². The Labute approximate surface area is 112 Å². The van der Waals surface area contributed by atoms with Crippen molar-refractivity contribution in [2.75, 3.05) is 26.4 Å². The van der Waals surface area contributed by atoms with Gasteiger partial charge < -0.3 is 20.5 Å². The average molecular weight is 262 g/mol. The monoisotopic (exact) mass is 262 g/mol. The predicted octanol–water partition coefficient (Wildman–Crippen LogP) is 0.388. The minimum Gasteiger partial charge on any atom is -0.376 e. The molecule has 0 bridgehead atoms. The highest BCUT2D eigenvalue weighted by Gasteiger charge is 2.25. The fourth-order valence-electron chi connectivity index (χ4n) is 2.56. The van der Waals surface area contributed by atoms with Gasteiger partial charge in [-0.3, -0.25) is 4.79 Å². The minimum absolute atomic E-state index is 0.0175. The zero-order valence-corrected chi connectivity index (χ0v) is 10.7. The molecule has 0 aliphatic carbocycles. The lowest BCUT2D eigenvalue weighted by Gasteiger charge is -2.29. The van der Waals surface area contributed by atoms with Crippen LogP contribution in [0.4, 0.5) is 0 Å². The van der Waals surface area contributed by atoms with E-state index in [1.807, 2.05) is 18.2 Å². The molecule has 2 aliphatic rings. The first-order chi connectivity index (χ1) is 9.25. The molecule has 0 spiro atoms.